The number of nitrogens with one attached hydrogen (secondary N) is 1. The predicted octanol–water partition coefficient (Wildman–Crippen LogP) is 2.85. The number of carbonyl (C=O) groups is 1. The van der Waals surface area contributed by atoms with E-state index in [-0.39, 0.29) is 23.3 Å². The van der Waals surface area contributed by atoms with Crippen molar-refractivity contribution in [3.63, 3.8) is 0 Å². The molecule has 0 unspecified atom stereocenters. The number of amides is 1. The number of hydrogen-bond donors (Lipinski definition) is 2. The second-order valence-corrected chi connectivity index (χ2v) is 8.55. The fraction of sp³-hybridized carbons (Fsp3) is 0.316. The minimum atomic E-state index is -0.297. The van der Waals surface area contributed by atoms with Gasteiger partial charge in [0.15, 0.2) is 5.16 Å². The lowest BCUT2D eigenvalue weighted by molar-refractivity contribution is -0.119. The highest BCUT2D eigenvalue weighted by Gasteiger charge is 2.28. The molecule has 0 spiro atoms. The van der Waals surface area contributed by atoms with Gasteiger partial charge in [-0.2, -0.15) is 0 Å². The van der Waals surface area contributed by atoms with Gasteiger partial charge in [0, 0.05) is 17.0 Å². The normalized spacial score (nSPS) is 15.0. The topological polar surface area (TPSA) is 90.0 Å². The van der Waals surface area contributed by atoms with Crippen LogP contribution < -0.4 is 16.7 Å². The van der Waals surface area contributed by atoms with Gasteiger partial charge in [0.25, 0.3) is 5.56 Å². The van der Waals surface area contributed by atoms with E-state index in [1.165, 1.54) is 35.9 Å². The molecule has 6 nitrogen and oxygen atoms in total. The average Bonchev–Trinajstić information content (AvgIpc) is 3.44. The van der Waals surface area contributed by atoms with Gasteiger partial charge in [0.05, 0.1) is 11.1 Å². The summed E-state index contributed by atoms with van der Waals surface area (Å²) in [5, 5.41) is 5.79. The Bertz CT molecular complexity index is 1040. The van der Waals surface area contributed by atoms with E-state index in [2.05, 4.69) is 10.3 Å². The fourth-order valence-corrected chi connectivity index (χ4v) is 4.77. The Morgan fingerprint density at radius 2 is 2.15 bits per heavy atom. The zero-order chi connectivity index (χ0) is 19.0. The molecular formula is C19H20N4O2S2. The third-order valence-corrected chi connectivity index (χ3v) is 6.57. The molecule has 0 radical (unpaired) electrons. The quantitative estimate of drug-likeness (QED) is 0.377. The van der Waals surface area contributed by atoms with Crippen molar-refractivity contribution in [1.29, 1.82) is 0 Å². The molecule has 1 fully saturated rings. The zero-order valence-corrected chi connectivity index (χ0v) is 16.5. The summed E-state index contributed by atoms with van der Waals surface area (Å²) in [5.74, 6) is 6.71. The number of nitrogens with zero attached hydrogens (tertiary/aromatic N) is 2. The lowest BCUT2D eigenvalue weighted by Crippen LogP contribution is -2.35. The second-order valence-electron chi connectivity index (χ2n) is 6.75. The maximum Gasteiger partial charge on any atom is 0.282 e. The van der Waals surface area contributed by atoms with Gasteiger partial charge < -0.3 is 11.2 Å². The van der Waals surface area contributed by atoms with Crippen LogP contribution in [0.5, 0.6) is 0 Å². The lowest BCUT2D eigenvalue weighted by Gasteiger charge is -2.12. The fourth-order valence-electron chi connectivity index (χ4n) is 3.06. The third kappa shape index (κ3) is 3.72. The molecule has 4 rings (SSSR count). The van der Waals surface area contributed by atoms with E-state index in [1.807, 2.05) is 42.6 Å². The van der Waals surface area contributed by atoms with Crippen molar-refractivity contribution in [3.8, 4) is 11.1 Å². The molecule has 8 heteroatoms. The average molecular weight is 401 g/mol. The van der Waals surface area contributed by atoms with Gasteiger partial charge in [-0.1, -0.05) is 42.1 Å². The molecule has 1 aliphatic rings. The molecule has 0 saturated heterocycles. The molecule has 140 valence electrons. The van der Waals surface area contributed by atoms with Gasteiger partial charge in [0.1, 0.15) is 4.83 Å². The van der Waals surface area contributed by atoms with Crippen molar-refractivity contribution >= 4 is 39.2 Å². The summed E-state index contributed by atoms with van der Waals surface area (Å²) in [6, 6.07) is 9.89. The van der Waals surface area contributed by atoms with Crippen molar-refractivity contribution in [3.05, 3.63) is 46.1 Å². The SMILES string of the molecule is C[C@@H](NC(=O)CSc1nc2scc(-c3ccccc3)c2c(=O)n1N)C1CC1. The summed E-state index contributed by atoms with van der Waals surface area (Å²) >= 11 is 2.59. The predicted molar refractivity (Wildman–Crippen MR) is 111 cm³/mol. The monoisotopic (exact) mass is 400 g/mol. The number of benzene rings is 1. The third-order valence-electron chi connectivity index (χ3n) is 4.74. The number of nitrogen functional groups attached to an aromatic ring is 1. The van der Waals surface area contributed by atoms with E-state index in [0.717, 1.165) is 15.8 Å². The highest BCUT2D eigenvalue weighted by molar-refractivity contribution is 7.99. The number of thiophene rings is 1. The van der Waals surface area contributed by atoms with Gasteiger partial charge in [-0.05, 0) is 31.2 Å². The van der Waals surface area contributed by atoms with Gasteiger partial charge in [0.2, 0.25) is 5.91 Å². The van der Waals surface area contributed by atoms with Gasteiger partial charge in [-0.15, -0.1) is 11.3 Å². The van der Waals surface area contributed by atoms with Crippen molar-refractivity contribution in [1.82, 2.24) is 15.0 Å². The Hall–Kier alpha value is -2.32. The molecule has 2 aromatic heterocycles. The molecule has 1 amide bonds. The van der Waals surface area contributed by atoms with Gasteiger partial charge in [-0.25, -0.2) is 9.66 Å². The number of thioether (sulfide) groups is 1. The van der Waals surface area contributed by atoms with Crippen LogP contribution in [0, 0.1) is 5.92 Å². The Labute approximate surface area is 164 Å². The van der Waals surface area contributed by atoms with E-state index < -0.39 is 0 Å². The molecule has 27 heavy (non-hydrogen) atoms. The summed E-state index contributed by atoms with van der Waals surface area (Å²) < 4.78 is 1.05. The highest BCUT2D eigenvalue weighted by Crippen LogP contribution is 2.33. The summed E-state index contributed by atoms with van der Waals surface area (Å²) in [6.45, 7) is 2.03. The number of rotatable bonds is 6. The number of carbonyl (C=O) groups excluding carboxylic acids is 1. The van der Waals surface area contributed by atoms with Crippen molar-refractivity contribution in [2.24, 2.45) is 5.92 Å². The van der Waals surface area contributed by atoms with Crippen LogP contribution >= 0.6 is 23.1 Å². The van der Waals surface area contributed by atoms with E-state index in [1.54, 1.807) is 0 Å². The maximum atomic E-state index is 12.8. The summed E-state index contributed by atoms with van der Waals surface area (Å²) in [4.78, 5) is 30.1. The molecule has 0 bridgehead atoms. The van der Waals surface area contributed by atoms with E-state index in [4.69, 9.17) is 5.84 Å². The lowest BCUT2D eigenvalue weighted by atomic mass is 10.1. The molecule has 3 aromatic rings. The Kier molecular flexibility index (Phi) is 4.92. The molecule has 0 aliphatic heterocycles. The largest absolute Gasteiger partial charge is 0.353 e. The zero-order valence-electron chi connectivity index (χ0n) is 14.8. The Morgan fingerprint density at radius 3 is 2.85 bits per heavy atom. The summed E-state index contributed by atoms with van der Waals surface area (Å²) in [7, 11) is 0. The van der Waals surface area contributed by atoms with Crippen LogP contribution in [0.4, 0.5) is 0 Å². The van der Waals surface area contributed by atoms with E-state index in [9.17, 15) is 9.59 Å². The minimum Gasteiger partial charge on any atom is -0.353 e. The number of aromatic nitrogens is 2. The van der Waals surface area contributed by atoms with Gasteiger partial charge >= 0.3 is 0 Å². The Balaban J connectivity index is 1.57. The smallest absolute Gasteiger partial charge is 0.282 e. The first-order chi connectivity index (χ1) is 13.0. The van der Waals surface area contributed by atoms with Crippen molar-refractivity contribution in [2.75, 3.05) is 11.6 Å². The molecule has 3 N–H and O–H groups in total. The van der Waals surface area contributed by atoms with Crippen LogP contribution in [0.25, 0.3) is 21.3 Å². The molecule has 1 atom stereocenters. The van der Waals surface area contributed by atoms with E-state index in [0.29, 0.717) is 21.3 Å². The second kappa shape index (κ2) is 7.36. The molecule has 1 aliphatic carbocycles. The summed E-state index contributed by atoms with van der Waals surface area (Å²) in [6.07, 6.45) is 2.36. The Morgan fingerprint density at radius 1 is 1.41 bits per heavy atom. The first-order valence-corrected chi connectivity index (χ1v) is 10.7. The first kappa shape index (κ1) is 18.1. The van der Waals surface area contributed by atoms with Crippen LogP contribution in [0.2, 0.25) is 0 Å². The van der Waals surface area contributed by atoms with Crippen LogP contribution in [0.15, 0.2) is 45.7 Å². The molecule has 1 aromatic carbocycles. The molecular weight excluding hydrogens is 380 g/mol. The maximum absolute atomic E-state index is 12.8. The standard InChI is InChI=1S/C19H20N4O2S2/c1-11(12-7-8-12)21-15(24)10-27-19-22-17-16(18(25)23(19)20)14(9-26-17)13-5-3-2-4-6-13/h2-6,9,11-12H,7-8,10,20H2,1H3,(H,21,24)/t11-/m1/s1. The summed E-state index contributed by atoms with van der Waals surface area (Å²) in [5.41, 5.74) is 1.49. The molecule has 2 heterocycles. The highest BCUT2D eigenvalue weighted by atomic mass is 32.2. The van der Waals surface area contributed by atoms with Crippen LogP contribution in [-0.4, -0.2) is 27.4 Å². The van der Waals surface area contributed by atoms with Crippen LogP contribution in [-0.2, 0) is 4.79 Å². The minimum absolute atomic E-state index is 0.0649. The number of hydrogen-bond acceptors (Lipinski definition) is 6. The van der Waals surface area contributed by atoms with Crippen molar-refractivity contribution in [2.45, 2.75) is 31.0 Å². The van der Waals surface area contributed by atoms with Crippen LogP contribution in [0.1, 0.15) is 19.8 Å². The van der Waals surface area contributed by atoms with Gasteiger partial charge in [-0.3, -0.25) is 9.59 Å². The molecule has 1 saturated carbocycles. The van der Waals surface area contributed by atoms with E-state index >= 15 is 0 Å². The first-order valence-electron chi connectivity index (χ1n) is 8.81. The van der Waals surface area contributed by atoms with Crippen LogP contribution in [0.3, 0.4) is 0 Å². The number of nitrogens with two attached hydrogens (primary N) is 1. The van der Waals surface area contributed by atoms with Crippen molar-refractivity contribution < 1.29 is 4.79 Å². The number of fused-ring (bicyclic) bond motifs is 1.